The van der Waals surface area contributed by atoms with E-state index in [1.165, 1.54) is 29.1 Å². The van der Waals surface area contributed by atoms with Gasteiger partial charge in [0.2, 0.25) is 0 Å². The van der Waals surface area contributed by atoms with Crippen LogP contribution in [0.5, 0.6) is 17.2 Å². The summed E-state index contributed by atoms with van der Waals surface area (Å²) in [5, 5.41) is 0.432. The van der Waals surface area contributed by atoms with Crippen LogP contribution < -0.4 is 29.1 Å². The van der Waals surface area contributed by atoms with Crippen molar-refractivity contribution in [3.05, 3.63) is 119 Å². The molecule has 0 radical (unpaired) electrons. The van der Waals surface area contributed by atoms with Crippen LogP contribution in [0.15, 0.2) is 81.7 Å². The van der Waals surface area contributed by atoms with E-state index >= 15 is 0 Å². The molecule has 0 bridgehead atoms. The van der Waals surface area contributed by atoms with E-state index in [0.29, 0.717) is 54.0 Å². The lowest BCUT2D eigenvalue weighted by Gasteiger charge is -2.25. The summed E-state index contributed by atoms with van der Waals surface area (Å²) in [6, 6.07) is 15.8. The molecule has 2 heterocycles. The Labute approximate surface area is 268 Å². The van der Waals surface area contributed by atoms with Crippen LogP contribution in [0.4, 0.5) is 4.39 Å². The maximum absolute atomic E-state index is 14.2. The van der Waals surface area contributed by atoms with Crippen LogP contribution in [0.3, 0.4) is 0 Å². The van der Waals surface area contributed by atoms with Gasteiger partial charge in [0, 0.05) is 16.1 Å². The van der Waals surface area contributed by atoms with E-state index in [9.17, 15) is 14.0 Å². The molecule has 0 saturated heterocycles. The molecule has 1 aliphatic heterocycles. The van der Waals surface area contributed by atoms with Crippen molar-refractivity contribution >= 4 is 35.0 Å². The molecule has 234 valence electrons. The number of hydrogen-bond donors (Lipinski definition) is 0. The van der Waals surface area contributed by atoms with Crippen molar-refractivity contribution in [3.8, 4) is 17.2 Å². The number of allylic oxidation sites excluding steroid dienone is 1. The number of esters is 1. The lowest BCUT2D eigenvalue weighted by Crippen LogP contribution is -2.40. The van der Waals surface area contributed by atoms with Gasteiger partial charge in [-0.2, -0.15) is 0 Å². The van der Waals surface area contributed by atoms with Crippen LogP contribution in [-0.4, -0.2) is 30.4 Å². The monoisotopic (exact) mass is 650 g/mol. The predicted molar refractivity (Wildman–Crippen MR) is 171 cm³/mol. The molecule has 0 unspecified atom stereocenters. The first-order valence-corrected chi connectivity index (χ1v) is 15.5. The molecule has 5 rings (SSSR count). The van der Waals surface area contributed by atoms with Gasteiger partial charge in [0.05, 0.1) is 41.7 Å². The number of rotatable bonds is 10. The molecule has 3 aromatic carbocycles. The highest BCUT2D eigenvalue weighted by Crippen LogP contribution is 2.36. The van der Waals surface area contributed by atoms with Crippen molar-refractivity contribution in [2.45, 2.75) is 46.4 Å². The summed E-state index contributed by atoms with van der Waals surface area (Å²) in [5.41, 5.74) is 1.83. The Morgan fingerprint density at radius 3 is 2.58 bits per heavy atom. The third kappa shape index (κ3) is 6.82. The third-order valence-corrected chi connectivity index (χ3v) is 8.20. The SMILES string of the molecule is CCOC(=O)C1=C(C)N=c2s/c(=C/c3cc(Cl)ccc3OCc3ccccc3F)c(=O)n2[C@H]1c1ccc(OC(C)C)c(OC)c1. The standard InChI is InChI=1S/C34H32ClFN2O6S/c1-6-42-33(40)30-20(4)37-34-38(31(30)21-11-13-27(44-19(2)3)28(16-21)41-5)32(39)29(45-34)17-23-15-24(35)12-14-26(23)43-18-22-9-7-8-10-25(22)36/h7-17,19,31H,6,18H2,1-5H3/b29-17+/t31-/m0/s1. The highest BCUT2D eigenvalue weighted by atomic mass is 35.5. The van der Waals surface area contributed by atoms with E-state index in [-0.39, 0.29) is 36.3 Å². The van der Waals surface area contributed by atoms with E-state index in [4.69, 9.17) is 30.5 Å². The highest BCUT2D eigenvalue weighted by molar-refractivity contribution is 7.07. The van der Waals surface area contributed by atoms with E-state index in [0.717, 1.165) is 0 Å². The molecule has 0 spiro atoms. The number of aromatic nitrogens is 1. The zero-order chi connectivity index (χ0) is 32.2. The number of thiazole rings is 1. The Morgan fingerprint density at radius 2 is 1.87 bits per heavy atom. The molecule has 11 heteroatoms. The quantitative estimate of drug-likeness (QED) is 0.197. The summed E-state index contributed by atoms with van der Waals surface area (Å²) in [6.07, 6.45) is 1.57. The summed E-state index contributed by atoms with van der Waals surface area (Å²) in [6.45, 7) is 7.39. The smallest absolute Gasteiger partial charge is 0.338 e. The molecule has 0 aliphatic carbocycles. The molecule has 1 aromatic heterocycles. The molecule has 1 aliphatic rings. The number of carbonyl (C=O) groups excluding carboxylic acids is 1. The molecular weight excluding hydrogens is 619 g/mol. The minimum atomic E-state index is -0.847. The van der Waals surface area contributed by atoms with Crippen LogP contribution >= 0.6 is 22.9 Å². The molecule has 8 nitrogen and oxygen atoms in total. The number of ether oxygens (including phenoxy) is 4. The normalized spacial score (nSPS) is 14.7. The molecule has 0 fully saturated rings. The average Bonchev–Trinajstić information content (AvgIpc) is 3.30. The van der Waals surface area contributed by atoms with Crippen LogP contribution in [0.1, 0.15) is 50.4 Å². The predicted octanol–water partition coefficient (Wildman–Crippen LogP) is 5.97. The minimum absolute atomic E-state index is 0.0170. The first-order chi connectivity index (χ1) is 21.6. The van der Waals surface area contributed by atoms with Gasteiger partial charge in [0.1, 0.15) is 18.2 Å². The van der Waals surface area contributed by atoms with E-state index in [2.05, 4.69) is 4.99 Å². The molecule has 45 heavy (non-hydrogen) atoms. The number of nitrogens with zero attached hydrogens (tertiary/aromatic N) is 2. The fraction of sp³-hybridized carbons (Fsp3) is 0.265. The van der Waals surface area contributed by atoms with Gasteiger partial charge in [-0.3, -0.25) is 9.36 Å². The van der Waals surface area contributed by atoms with Gasteiger partial charge in [-0.15, -0.1) is 0 Å². The Kier molecular flexibility index (Phi) is 9.74. The van der Waals surface area contributed by atoms with Crippen molar-refractivity contribution in [1.82, 2.24) is 4.57 Å². The van der Waals surface area contributed by atoms with Gasteiger partial charge in [-0.25, -0.2) is 14.2 Å². The molecule has 0 amide bonds. The largest absolute Gasteiger partial charge is 0.493 e. The average molecular weight is 651 g/mol. The van der Waals surface area contributed by atoms with Crippen molar-refractivity contribution < 1.29 is 28.1 Å². The topological polar surface area (TPSA) is 88.4 Å². The van der Waals surface area contributed by atoms with Crippen LogP contribution in [-0.2, 0) is 16.1 Å². The Morgan fingerprint density at radius 1 is 1.11 bits per heavy atom. The number of fused-ring (bicyclic) bond motifs is 1. The lowest BCUT2D eigenvalue weighted by atomic mass is 9.95. The van der Waals surface area contributed by atoms with Gasteiger partial charge >= 0.3 is 5.97 Å². The van der Waals surface area contributed by atoms with E-state index < -0.39 is 12.0 Å². The Balaban J connectivity index is 1.64. The fourth-order valence-corrected chi connectivity index (χ4v) is 6.21. The van der Waals surface area contributed by atoms with Crippen molar-refractivity contribution in [1.29, 1.82) is 0 Å². The second-order valence-electron chi connectivity index (χ2n) is 10.4. The van der Waals surface area contributed by atoms with Gasteiger partial charge in [0.25, 0.3) is 5.56 Å². The number of benzene rings is 3. The summed E-state index contributed by atoms with van der Waals surface area (Å²) in [5.74, 6) is 0.453. The van der Waals surface area contributed by atoms with Gasteiger partial charge < -0.3 is 18.9 Å². The second-order valence-corrected chi connectivity index (χ2v) is 11.9. The molecule has 0 N–H and O–H groups in total. The molecule has 0 saturated carbocycles. The zero-order valence-electron chi connectivity index (χ0n) is 25.4. The number of hydrogen-bond acceptors (Lipinski definition) is 8. The minimum Gasteiger partial charge on any atom is -0.493 e. The summed E-state index contributed by atoms with van der Waals surface area (Å²) in [4.78, 5) is 32.5. The van der Waals surface area contributed by atoms with Crippen LogP contribution in [0.25, 0.3) is 6.08 Å². The van der Waals surface area contributed by atoms with Gasteiger partial charge in [0.15, 0.2) is 16.3 Å². The van der Waals surface area contributed by atoms with Gasteiger partial charge in [-0.05, 0) is 75.7 Å². The van der Waals surface area contributed by atoms with Crippen LogP contribution in [0, 0.1) is 5.82 Å². The second kappa shape index (κ2) is 13.7. The van der Waals surface area contributed by atoms with Crippen molar-refractivity contribution in [2.75, 3.05) is 13.7 Å². The van der Waals surface area contributed by atoms with Crippen molar-refractivity contribution in [2.24, 2.45) is 4.99 Å². The number of methoxy groups -OCH3 is 1. The number of halogens is 2. The Hall–Kier alpha value is -4.41. The van der Waals surface area contributed by atoms with Crippen molar-refractivity contribution in [3.63, 3.8) is 0 Å². The molecular formula is C34H32ClFN2O6S. The highest BCUT2D eigenvalue weighted by Gasteiger charge is 2.34. The fourth-order valence-electron chi connectivity index (χ4n) is 4.99. The summed E-state index contributed by atoms with van der Waals surface area (Å²) >= 11 is 7.50. The molecule has 1 atom stereocenters. The third-order valence-electron chi connectivity index (χ3n) is 6.98. The summed E-state index contributed by atoms with van der Waals surface area (Å²) < 4.78 is 38.9. The zero-order valence-corrected chi connectivity index (χ0v) is 27.0. The first-order valence-electron chi connectivity index (χ1n) is 14.3. The van der Waals surface area contributed by atoms with E-state index in [1.807, 2.05) is 13.8 Å². The Bertz CT molecular complexity index is 1970. The van der Waals surface area contributed by atoms with Crippen LogP contribution in [0.2, 0.25) is 5.02 Å². The number of carbonyl (C=O) groups is 1. The van der Waals surface area contributed by atoms with Gasteiger partial charge in [-0.1, -0.05) is 47.2 Å². The van der Waals surface area contributed by atoms with E-state index in [1.54, 1.807) is 74.5 Å². The maximum Gasteiger partial charge on any atom is 0.338 e. The summed E-state index contributed by atoms with van der Waals surface area (Å²) in [7, 11) is 1.53. The first kappa shape index (κ1) is 32.0. The maximum atomic E-state index is 14.2. The lowest BCUT2D eigenvalue weighted by molar-refractivity contribution is -0.139. The molecule has 4 aromatic rings.